The van der Waals surface area contributed by atoms with Crippen LogP contribution in [0, 0.1) is 38.0 Å². The lowest BCUT2D eigenvalue weighted by atomic mass is 9.68. The summed E-state index contributed by atoms with van der Waals surface area (Å²) in [5.74, 6) is 1.71. The summed E-state index contributed by atoms with van der Waals surface area (Å²) >= 11 is 0. The van der Waals surface area contributed by atoms with Gasteiger partial charge in [0, 0.05) is 30.0 Å². The van der Waals surface area contributed by atoms with E-state index < -0.39 is 0 Å². The molecule has 1 heterocycles. The van der Waals surface area contributed by atoms with Gasteiger partial charge in [-0.05, 0) is 60.1 Å². The second-order valence-corrected chi connectivity index (χ2v) is 7.94. The molecule has 0 radical (unpaired) electrons. The number of anilines is 1. The Kier molecular flexibility index (Phi) is 3.47. The first kappa shape index (κ1) is 16.2. The lowest BCUT2D eigenvalue weighted by Crippen LogP contribution is -2.35. The Bertz CT molecular complexity index is 960. The smallest absolute Gasteiger partial charge is 0.269 e. The molecule has 2 aliphatic carbocycles. The second-order valence-electron chi connectivity index (χ2n) is 7.94. The Labute approximate surface area is 155 Å². The zero-order valence-corrected chi connectivity index (χ0v) is 14.6. The van der Waals surface area contributed by atoms with Gasteiger partial charge in [-0.2, -0.15) is 0 Å². The lowest BCUT2D eigenvalue weighted by molar-refractivity contribution is -0.385. The number of hydrogen-bond acceptors (Lipinski definition) is 5. The SMILES string of the molecule is O=[N+]([O-])c1cccc(C2Nc3ccc([N+](=O)[O-])cc3C3C2[C@H]2CC[C@H]3C2)c1. The largest absolute Gasteiger partial charge is 0.378 e. The van der Waals surface area contributed by atoms with Gasteiger partial charge < -0.3 is 5.32 Å². The molecule has 0 saturated heterocycles. The molecule has 2 bridgehead atoms. The van der Waals surface area contributed by atoms with Gasteiger partial charge >= 0.3 is 0 Å². The highest BCUT2D eigenvalue weighted by molar-refractivity contribution is 5.62. The zero-order valence-electron chi connectivity index (χ0n) is 14.6. The number of rotatable bonds is 3. The van der Waals surface area contributed by atoms with Gasteiger partial charge in [-0.25, -0.2) is 0 Å². The number of hydrogen-bond donors (Lipinski definition) is 1. The van der Waals surface area contributed by atoms with Crippen LogP contribution < -0.4 is 5.32 Å². The predicted molar refractivity (Wildman–Crippen MR) is 99.6 cm³/mol. The standard InChI is InChI=1S/C20H19N3O4/c24-22(25)14-3-1-2-13(9-14)20-19-12-5-4-11(8-12)18(19)16-10-15(23(26)27)6-7-17(16)21-20/h1-3,6-7,9-12,18-21H,4-5,8H2/t11-,12-,18?,19?,20?/m0/s1. The van der Waals surface area contributed by atoms with Crippen molar-refractivity contribution in [1.82, 2.24) is 0 Å². The highest BCUT2D eigenvalue weighted by Gasteiger charge is 2.54. The van der Waals surface area contributed by atoms with Crippen LogP contribution in [0.25, 0.3) is 0 Å². The fourth-order valence-corrected chi connectivity index (χ4v) is 5.75. The molecule has 2 aromatic rings. The molecule has 1 aliphatic heterocycles. The molecule has 2 saturated carbocycles. The Morgan fingerprint density at radius 1 is 0.926 bits per heavy atom. The molecule has 1 N–H and O–H groups in total. The van der Waals surface area contributed by atoms with Crippen molar-refractivity contribution in [2.24, 2.45) is 17.8 Å². The average molecular weight is 365 g/mol. The first-order chi connectivity index (χ1) is 13.0. The van der Waals surface area contributed by atoms with Crippen molar-refractivity contribution < 1.29 is 9.85 Å². The molecule has 0 amide bonds. The van der Waals surface area contributed by atoms with Crippen molar-refractivity contribution in [2.45, 2.75) is 31.2 Å². The molecule has 7 heteroatoms. The van der Waals surface area contributed by atoms with Gasteiger partial charge in [0.2, 0.25) is 0 Å². The maximum atomic E-state index is 11.2. The van der Waals surface area contributed by atoms with E-state index in [1.165, 1.54) is 18.6 Å². The van der Waals surface area contributed by atoms with Gasteiger partial charge in [0.1, 0.15) is 0 Å². The van der Waals surface area contributed by atoms with Gasteiger partial charge in [-0.3, -0.25) is 20.2 Å². The number of non-ortho nitro benzene ring substituents is 2. The summed E-state index contributed by atoms with van der Waals surface area (Å²) in [4.78, 5) is 21.8. The van der Waals surface area contributed by atoms with Crippen molar-refractivity contribution in [3.8, 4) is 0 Å². The van der Waals surface area contributed by atoms with E-state index in [0.29, 0.717) is 17.8 Å². The summed E-state index contributed by atoms with van der Waals surface area (Å²) in [6.45, 7) is 0. The van der Waals surface area contributed by atoms with Crippen molar-refractivity contribution in [3.63, 3.8) is 0 Å². The van der Waals surface area contributed by atoms with Crippen LogP contribution in [0.2, 0.25) is 0 Å². The van der Waals surface area contributed by atoms with Crippen LogP contribution in [-0.2, 0) is 0 Å². The number of nitrogens with zero attached hydrogens (tertiary/aromatic N) is 2. The van der Waals surface area contributed by atoms with Crippen molar-refractivity contribution in [3.05, 3.63) is 73.8 Å². The fraction of sp³-hybridized carbons (Fsp3) is 0.400. The van der Waals surface area contributed by atoms with Crippen LogP contribution in [0.3, 0.4) is 0 Å². The molecule has 27 heavy (non-hydrogen) atoms. The van der Waals surface area contributed by atoms with E-state index in [1.807, 2.05) is 6.07 Å². The Balaban J connectivity index is 1.62. The van der Waals surface area contributed by atoms with Gasteiger partial charge in [0.15, 0.2) is 0 Å². The van der Waals surface area contributed by atoms with Gasteiger partial charge in [0.05, 0.1) is 15.9 Å². The third kappa shape index (κ3) is 2.41. The minimum absolute atomic E-state index is 0.000781. The third-order valence-electron chi connectivity index (χ3n) is 6.72. The van der Waals surface area contributed by atoms with E-state index in [4.69, 9.17) is 0 Å². The average Bonchev–Trinajstić information content (AvgIpc) is 3.29. The number of nitro groups is 2. The quantitative estimate of drug-likeness (QED) is 0.622. The van der Waals surface area contributed by atoms with Crippen LogP contribution >= 0.6 is 0 Å². The van der Waals surface area contributed by atoms with E-state index in [0.717, 1.165) is 29.7 Å². The van der Waals surface area contributed by atoms with Crippen LogP contribution in [0.5, 0.6) is 0 Å². The maximum absolute atomic E-state index is 11.2. The second kappa shape index (κ2) is 5.77. The van der Waals surface area contributed by atoms with Crippen molar-refractivity contribution in [1.29, 1.82) is 0 Å². The summed E-state index contributed by atoms with van der Waals surface area (Å²) < 4.78 is 0. The van der Waals surface area contributed by atoms with Gasteiger partial charge in [-0.15, -0.1) is 0 Å². The summed E-state index contributed by atoms with van der Waals surface area (Å²) in [5.41, 5.74) is 3.12. The zero-order chi connectivity index (χ0) is 18.7. The highest BCUT2D eigenvalue weighted by atomic mass is 16.6. The predicted octanol–water partition coefficient (Wildman–Crippen LogP) is 4.80. The molecule has 3 aliphatic rings. The molecular formula is C20H19N3O4. The van der Waals surface area contributed by atoms with Crippen LogP contribution in [0.1, 0.15) is 42.3 Å². The van der Waals surface area contributed by atoms with E-state index in [1.54, 1.807) is 24.3 Å². The number of nitro benzene ring substituents is 2. The van der Waals surface area contributed by atoms with E-state index in [2.05, 4.69) is 5.32 Å². The van der Waals surface area contributed by atoms with Crippen LogP contribution in [0.15, 0.2) is 42.5 Å². The molecule has 3 unspecified atom stereocenters. The topological polar surface area (TPSA) is 98.3 Å². The van der Waals surface area contributed by atoms with E-state index in [9.17, 15) is 20.2 Å². The number of benzene rings is 2. The van der Waals surface area contributed by atoms with Crippen LogP contribution in [0.4, 0.5) is 17.1 Å². The Hall–Kier alpha value is -2.96. The minimum atomic E-state index is -0.359. The lowest BCUT2D eigenvalue weighted by Gasteiger charge is -2.43. The first-order valence-electron chi connectivity index (χ1n) is 9.32. The van der Waals surface area contributed by atoms with E-state index in [-0.39, 0.29) is 33.2 Å². The van der Waals surface area contributed by atoms with Crippen LogP contribution in [-0.4, -0.2) is 9.85 Å². The molecule has 138 valence electrons. The summed E-state index contributed by atoms with van der Waals surface area (Å²) in [6, 6.07) is 11.9. The minimum Gasteiger partial charge on any atom is -0.378 e. The molecular weight excluding hydrogens is 346 g/mol. The van der Waals surface area contributed by atoms with Crippen molar-refractivity contribution in [2.75, 3.05) is 5.32 Å². The normalized spacial score (nSPS) is 30.3. The number of fused-ring (bicyclic) bond motifs is 7. The molecule has 0 aromatic heterocycles. The van der Waals surface area contributed by atoms with E-state index >= 15 is 0 Å². The summed E-state index contributed by atoms with van der Waals surface area (Å²) in [6.07, 6.45) is 3.48. The maximum Gasteiger partial charge on any atom is 0.269 e. The van der Waals surface area contributed by atoms with Gasteiger partial charge in [0.25, 0.3) is 11.4 Å². The number of nitrogens with one attached hydrogen (secondary N) is 1. The highest BCUT2D eigenvalue weighted by Crippen LogP contribution is 2.64. The van der Waals surface area contributed by atoms with Gasteiger partial charge in [-0.1, -0.05) is 12.1 Å². The molecule has 7 nitrogen and oxygen atoms in total. The fourth-order valence-electron chi connectivity index (χ4n) is 5.75. The third-order valence-corrected chi connectivity index (χ3v) is 6.72. The monoisotopic (exact) mass is 365 g/mol. The Morgan fingerprint density at radius 3 is 2.44 bits per heavy atom. The molecule has 5 atom stereocenters. The first-order valence-corrected chi connectivity index (χ1v) is 9.32. The molecule has 0 spiro atoms. The summed E-state index contributed by atoms with van der Waals surface area (Å²) in [7, 11) is 0. The molecule has 2 fully saturated rings. The molecule has 5 rings (SSSR count). The Morgan fingerprint density at radius 2 is 1.67 bits per heavy atom. The molecule has 2 aromatic carbocycles. The summed E-state index contributed by atoms with van der Waals surface area (Å²) in [5, 5.41) is 26.0. The van der Waals surface area contributed by atoms with Crippen molar-refractivity contribution >= 4 is 17.1 Å².